The molecule has 0 fully saturated rings. The summed E-state index contributed by atoms with van der Waals surface area (Å²) in [5.41, 5.74) is 0.397. The van der Waals surface area contributed by atoms with E-state index in [1.165, 1.54) is 12.4 Å². The highest BCUT2D eigenvalue weighted by molar-refractivity contribution is 6.38. The van der Waals surface area contributed by atoms with E-state index in [2.05, 4.69) is 9.97 Å². The minimum atomic E-state index is -0.504. The molecule has 3 rings (SSSR count). The lowest BCUT2D eigenvalue weighted by Gasteiger charge is -2.13. The summed E-state index contributed by atoms with van der Waals surface area (Å²) in [4.78, 5) is 33.1. The molecule has 88 valence electrons. The Hall–Kier alpha value is -2.27. The number of aromatic nitrogens is 2. The lowest BCUT2D eigenvalue weighted by molar-refractivity contribution is 0.0923. The van der Waals surface area contributed by atoms with Crippen molar-refractivity contribution in [3.05, 3.63) is 52.9 Å². The standard InChI is InChI=1S/C12H6ClN3O2/c13-8-4-2-6-15-10(8)16-11(17)7-3-1-5-14-9(7)12(16)18/h1-6H. The van der Waals surface area contributed by atoms with Crippen molar-refractivity contribution in [2.45, 2.75) is 0 Å². The Morgan fingerprint density at radius 1 is 1.00 bits per heavy atom. The SMILES string of the molecule is O=C1c2cccnc2C(=O)N1c1ncccc1Cl. The van der Waals surface area contributed by atoms with Crippen LogP contribution >= 0.6 is 11.6 Å². The molecule has 0 radical (unpaired) electrons. The number of carbonyl (C=O) groups excluding carboxylic acids is 2. The van der Waals surface area contributed by atoms with E-state index < -0.39 is 11.8 Å². The molecular formula is C12H6ClN3O2. The summed E-state index contributed by atoms with van der Waals surface area (Å²) < 4.78 is 0. The van der Waals surface area contributed by atoms with Crippen LogP contribution < -0.4 is 4.90 Å². The molecule has 3 heterocycles. The Kier molecular flexibility index (Phi) is 2.34. The molecule has 0 N–H and O–H groups in total. The number of imide groups is 1. The maximum Gasteiger partial charge on any atom is 0.286 e. The molecule has 0 bridgehead atoms. The predicted molar refractivity (Wildman–Crippen MR) is 64.6 cm³/mol. The summed E-state index contributed by atoms with van der Waals surface area (Å²) in [6.07, 6.45) is 2.94. The molecular weight excluding hydrogens is 254 g/mol. The third-order valence-corrected chi connectivity index (χ3v) is 2.89. The van der Waals surface area contributed by atoms with Crippen LogP contribution in [0.3, 0.4) is 0 Å². The molecule has 0 saturated carbocycles. The minimum absolute atomic E-state index is 0.129. The van der Waals surface area contributed by atoms with Crippen LogP contribution in [0, 0.1) is 0 Å². The van der Waals surface area contributed by atoms with Gasteiger partial charge in [-0.25, -0.2) is 9.88 Å². The summed E-state index contributed by atoms with van der Waals surface area (Å²) in [6, 6.07) is 6.36. The second-order valence-corrected chi connectivity index (χ2v) is 4.06. The van der Waals surface area contributed by atoms with Gasteiger partial charge in [0.2, 0.25) is 0 Å². The number of carbonyl (C=O) groups is 2. The van der Waals surface area contributed by atoms with Gasteiger partial charge in [-0.3, -0.25) is 14.6 Å². The second-order valence-electron chi connectivity index (χ2n) is 3.65. The van der Waals surface area contributed by atoms with Gasteiger partial charge >= 0.3 is 0 Å². The Balaban J connectivity index is 2.16. The Morgan fingerprint density at radius 2 is 1.72 bits per heavy atom. The van der Waals surface area contributed by atoms with Crippen LogP contribution in [-0.4, -0.2) is 21.8 Å². The maximum atomic E-state index is 12.1. The fraction of sp³-hybridized carbons (Fsp3) is 0. The van der Waals surface area contributed by atoms with E-state index >= 15 is 0 Å². The number of hydrogen-bond acceptors (Lipinski definition) is 4. The van der Waals surface area contributed by atoms with Crippen LogP contribution in [0.25, 0.3) is 0 Å². The molecule has 5 nitrogen and oxygen atoms in total. The smallest absolute Gasteiger partial charge is 0.268 e. The number of hydrogen-bond donors (Lipinski definition) is 0. The minimum Gasteiger partial charge on any atom is -0.268 e. The fourth-order valence-electron chi connectivity index (χ4n) is 1.80. The molecule has 2 amide bonds. The van der Waals surface area contributed by atoms with Crippen LogP contribution in [-0.2, 0) is 0 Å². The lowest BCUT2D eigenvalue weighted by Crippen LogP contribution is -2.30. The number of pyridine rings is 2. The normalized spacial score (nSPS) is 13.9. The first-order valence-electron chi connectivity index (χ1n) is 5.14. The molecule has 0 saturated heterocycles. The van der Waals surface area contributed by atoms with Crippen LogP contribution in [0.15, 0.2) is 36.7 Å². The highest BCUT2D eigenvalue weighted by Crippen LogP contribution is 2.30. The van der Waals surface area contributed by atoms with E-state index in [0.29, 0.717) is 0 Å². The van der Waals surface area contributed by atoms with Gasteiger partial charge in [-0.2, -0.15) is 0 Å². The molecule has 1 aliphatic heterocycles. The molecule has 1 aliphatic rings. The topological polar surface area (TPSA) is 63.2 Å². The van der Waals surface area contributed by atoms with Gasteiger partial charge in [0, 0.05) is 12.4 Å². The molecule has 2 aromatic rings. The molecule has 6 heteroatoms. The zero-order valence-corrected chi connectivity index (χ0v) is 9.76. The average molecular weight is 260 g/mol. The number of anilines is 1. The van der Waals surface area contributed by atoms with Crippen molar-refractivity contribution in [1.29, 1.82) is 0 Å². The predicted octanol–water partition coefficient (Wildman–Crippen LogP) is 1.93. The highest BCUT2D eigenvalue weighted by Gasteiger charge is 2.39. The van der Waals surface area contributed by atoms with Gasteiger partial charge in [0.25, 0.3) is 11.8 Å². The van der Waals surface area contributed by atoms with Gasteiger partial charge in [0.1, 0.15) is 5.69 Å². The Bertz CT molecular complexity index is 637. The molecule has 2 aromatic heterocycles. The highest BCUT2D eigenvalue weighted by atomic mass is 35.5. The van der Waals surface area contributed by atoms with Gasteiger partial charge < -0.3 is 0 Å². The van der Waals surface area contributed by atoms with Crippen molar-refractivity contribution in [3.8, 4) is 0 Å². The first-order valence-corrected chi connectivity index (χ1v) is 5.52. The lowest BCUT2D eigenvalue weighted by atomic mass is 10.2. The van der Waals surface area contributed by atoms with Crippen molar-refractivity contribution < 1.29 is 9.59 Å². The first kappa shape index (κ1) is 10.9. The van der Waals surface area contributed by atoms with Crippen molar-refractivity contribution in [2.24, 2.45) is 0 Å². The summed E-state index contributed by atoms with van der Waals surface area (Å²) in [7, 11) is 0. The van der Waals surface area contributed by atoms with Crippen LogP contribution in [0.2, 0.25) is 5.02 Å². The van der Waals surface area contributed by atoms with Gasteiger partial charge in [0.05, 0.1) is 10.6 Å². The van der Waals surface area contributed by atoms with E-state index in [1.807, 2.05) is 0 Å². The quantitative estimate of drug-likeness (QED) is 0.734. The van der Waals surface area contributed by atoms with Gasteiger partial charge in [-0.15, -0.1) is 0 Å². The Labute approximate surface area is 107 Å². The fourth-order valence-corrected chi connectivity index (χ4v) is 2.01. The van der Waals surface area contributed by atoms with Gasteiger partial charge in [-0.1, -0.05) is 11.6 Å². The molecule has 0 spiro atoms. The average Bonchev–Trinajstić information content (AvgIpc) is 2.64. The van der Waals surface area contributed by atoms with Crippen molar-refractivity contribution in [3.63, 3.8) is 0 Å². The monoisotopic (exact) mass is 259 g/mol. The maximum absolute atomic E-state index is 12.1. The van der Waals surface area contributed by atoms with Crippen LogP contribution in [0.1, 0.15) is 20.8 Å². The molecule has 0 unspecified atom stereocenters. The van der Waals surface area contributed by atoms with Gasteiger partial charge in [-0.05, 0) is 24.3 Å². The zero-order chi connectivity index (χ0) is 12.7. The van der Waals surface area contributed by atoms with Crippen molar-refractivity contribution in [1.82, 2.24) is 9.97 Å². The zero-order valence-electron chi connectivity index (χ0n) is 9.00. The second kappa shape index (κ2) is 3.89. The van der Waals surface area contributed by atoms with Crippen molar-refractivity contribution in [2.75, 3.05) is 4.90 Å². The van der Waals surface area contributed by atoms with E-state index in [1.54, 1.807) is 24.3 Å². The van der Waals surface area contributed by atoms with Gasteiger partial charge in [0.15, 0.2) is 5.82 Å². The number of fused-ring (bicyclic) bond motifs is 1. The Morgan fingerprint density at radius 3 is 2.44 bits per heavy atom. The number of nitrogens with zero attached hydrogens (tertiary/aromatic N) is 3. The first-order chi connectivity index (χ1) is 8.70. The largest absolute Gasteiger partial charge is 0.286 e. The van der Waals surface area contributed by atoms with Crippen LogP contribution in [0.4, 0.5) is 5.82 Å². The van der Waals surface area contributed by atoms with Crippen molar-refractivity contribution >= 4 is 29.2 Å². The summed E-state index contributed by atoms with van der Waals surface area (Å²) >= 11 is 5.95. The molecule has 0 atom stereocenters. The number of amides is 2. The third kappa shape index (κ3) is 1.41. The number of halogens is 1. The van der Waals surface area contributed by atoms with E-state index in [4.69, 9.17) is 11.6 Å². The molecule has 18 heavy (non-hydrogen) atoms. The van der Waals surface area contributed by atoms with E-state index in [9.17, 15) is 9.59 Å². The number of rotatable bonds is 1. The van der Waals surface area contributed by atoms with Crippen LogP contribution in [0.5, 0.6) is 0 Å². The third-order valence-electron chi connectivity index (χ3n) is 2.60. The molecule has 0 aromatic carbocycles. The summed E-state index contributed by atoms with van der Waals surface area (Å²) in [5, 5.41) is 0.243. The molecule has 0 aliphatic carbocycles. The summed E-state index contributed by atoms with van der Waals surface area (Å²) in [6.45, 7) is 0. The van der Waals surface area contributed by atoms with E-state index in [0.717, 1.165) is 4.90 Å². The summed E-state index contributed by atoms with van der Waals surface area (Å²) in [5.74, 6) is -0.827. The van der Waals surface area contributed by atoms with E-state index in [-0.39, 0.29) is 22.1 Å².